The highest BCUT2D eigenvalue weighted by molar-refractivity contribution is 6.32. The standard InChI is InChI=1S/C9H3ClF3NO2/c10-7-5(3-14)1-4(8(15)16)2-6(7)9(11,12)13/h1-2H,(H,15,16). The first-order chi connectivity index (χ1) is 7.27. The molecule has 0 aliphatic carbocycles. The lowest BCUT2D eigenvalue weighted by molar-refractivity contribution is -0.137. The van der Waals surface area contributed by atoms with E-state index in [0.717, 1.165) is 6.07 Å². The van der Waals surface area contributed by atoms with Gasteiger partial charge in [0.1, 0.15) is 6.07 Å². The Hall–Kier alpha value is -1.74. The molecule has 0 saturated carbocycles. The van der Waals surface area contributed by atoms with Crippen molar-refractivity contribution in [3.63, 3.8) is 0 Å². The number of nitriles is 1. The Morgan fingerprint density at radius 3 is 2.38 bits per heavy atom. The van der Waals surface area contributed by atoms with Gasteiger partial charge >= 0.3 is 12.1 Å². The number of carbonyl (C=O) groups is 1. The van der Waals surface area contributed by atoms with Gasteiger partial charge in [-0.3, -0.25) is 0 Å². The number of alkyl halides is 3. The Kier molecular flexibility index (Phi) is 3.10. The molecule has 1 rings (SSSR count). The first-order valence-electron chi connectivity index (χ1n) is 3.81. The first kappa shape index (κ1) is 12.3. The molecular weight excluding hydrogens is 247 g/mol. The number of carboxylic acids is 1. The van der Waals surface area contributed by atoms with Crippen molar-refractivity contribution in [3.8, 4) is 6.07 Å². The van der Waals surface area contributed by atoms with Crippen molar-refractivity contribution in [1.29, 1.82) is 5.26 Å². The molecule has 16 heavy (non-hydrogen) atoms. The third kappa shape index (κ3) is 2.25. The highest BCUT2D eigenvalue weighted by atomic mass is 35.5. The Morgan fingerprint density at radius 1 is 1.44 bits per heavy atom. The van der Waals surface area contributed by atoms with Crippen LogP contribution in [0.1, 0.15) is 21.5 Å². The van der Waals surface area contributed by atoms with Gasteiger partial charge in [0.25, 0.3) is 0 Å². The van der Waals surface area contributed by atoms with E-state index >= 15 is 0 Å². The Morgan fingerprint density at radius 2 is 2.00 bits per heavy atom. The van der Waals surface area contributed by atoms with Gasteiger partial charge in [-0.1, -0.05) is 11.6 Å². The van der Waals surface area contributed by atoms with E-state index < -0.39 is 33.9 Å². The highest BCUT2D eigenvalue weighted by Gasteiger charge is 2.35. The zero-order chi connectivity index (χ0) is 12.5. The molecule has 0 atom stereocenters. The van der Waals surface area contributed by atoms with Crippen molar-refractivity contribution in [3.05, 3.63) is 33.8 Å². The van der Waals surface area contributed by atoms with E-state index in [1.54, 1.807) is 0 Å². The van der Waals surface area contributed by atoms with Crippen molar-refractivity contribution >= 4 is 17.6 Å². The van der Waals surface area contributed by atoms with Crippen LogP contribution >= 0.6 is 11.6 Å². The third-order valence-corrected chi connectivity index (χ3v) is 2.15. The van der Waals surface area contributed by atoms with E-state index in [2.05, 4.69) is 0 Å². The number of rotatable bonds is 1. The zero-order valence-corrected chi connectivity index (χ0v) is 8.23. The summed E-state index contributed by atoms with van der Waals surface area (Å²) in [6.45, 7) is 0. The largest absolute Gasteiger partial charge is 0.478 e. The molecule has 0 saturated heterocycles. The topological polar surface area (TPSA) is 61.1 Å². The van der Waals surface area contributed by atoms with E-state index in [1.807, 2.05) is 0 Å². The van der Waals surface area contributed by atoms with Crippen LogP contribution in [0.15, 0.2) is 12.1 Å². The molecule has 0 bridgehead atoms. The Balaban J connectivity index is 3.56. The maximum absolute atomic E-state index is 12.4. The minimum absolute atomic E-state index is 0.394. The lowest BCUT2D eigenvalue weighted by Gasteiger charge is -2.10. The van der Waals surface area contributed by atoms with Crippen molar-refractivity contribution < 1.29 is 23.1 Å². The minimum atomic E-state index is -4.80. The number of halogens is 4. The first-order valence-corrected chi connectivity index (χ1v) is 4.19. The van der Waals surface area contributed by atoms with Crippen molar-refractivity contribution in [2.24, 2.45) is 0 Å². The molecule has 84 valence electrons. The molecule has 0 fully saturated rings. The number of hydrogen-bond acceptors (Lipinski definition) is 2. The maximum atomic E-state index is 12.4. The second-order valence-electron chi connectivity index (χ2n) is 2.80. The molecule has 0 aliphatic rings. The van der Waals surface area contributed by atoms with Crippen molar-refractivity contribution in [2.75, 3.05) is 0 Å². The summed E-state index contributed by atoms with van der Waals surface area (Å²) in [6.07, 6.45) is -4.80. The monoisotopic (exact) mass is 249 g/mol. The third-order valence-electron chi connectivity index (χ3n) is 1.75. The highest BCUT2D eigenvalue weighted by Crippen LogP contribution is 2.37. The average molecular weight is 250 g/mol. The van der Waals surface area contributed by atoms with Gasteiger partial charge in [0, 0.05) is 0 Å². The van der Waals surface area contributed by atoms with Crippen LogP contribution in [0, 0.1) is 11.3 Å². The van der Waals surface area contributed by atoms with Crippen LogP contribution in [-0.4, -0.2) is 11.1 Å². The fourth-order valence-electron chi connectivity index (χ4n) is 1.04. The predicted octanol–water partition coefficient (Wildman–Crippen LogP) is 2.93. The number of aromatic carboxylic acids is 1. The van der Waals surface area contributed by atoms with Gasteiger partial charge < -0.3 is 5.11 Å². The van der Waals surface area contributed by atoms with Crippen LogP contribution in [0.4, 0.5) is 13.2 Å². The number of carboxylic acid groups (broad SMARTS) is 1. The van der Waals surface area contributed by atoms with Crippen LogP contribution in [-0.2, 0) is 6.18 Å². The Bertz CT molecular complexity index is 491. The van der Waals surface area contributed by atoms with Gasteiger partial charge in [-0.2, -0.15) is 18.4 Å². The summed E-state index contributed by atoms with van der Waals surface area (Å²) < 4.78 is 37.3. The van der Waals surface area contributed by atoms with Crippen LogP contribution < -0.4 is 0 Å². The summed E-state index contributed by atoms with van der Waals surface area (Å²) >= 11 is 5.33. The number of hydrogen-bond donors (Lipinski definition) is 1. The van der Waals surface area contributed by atoms with E-state index in [0.29, 0.717) is 6.07 Å². The lowest BCUT2D eigenvalue weighted by Crippen LogP contribution is -2.09. The molecule has 0 aromatic heterocycles. The van der Waals surface area contributed by atoms with Gasteiger partial charge in [0.2, 0.25) is 0 Å². The molecular formula is C9H3ClF3NO2. The summed E-state index contributed by atoms with van der Waals surface area (Å²) in [6, 6.07) is 2.59. The van der Waals surface area contributed by atoms with Crippen molar-refractivity contribution in [1.82, 2.24) is 0 Å². The zero-order valence-electron chi connectivity index (χ0n) is 7.47. The number of benzene rings is 1. The van der Waals surface area contributed by atoms with Crippen LogP contribution in [0.2, 0.25) is 5.02 Å². The molecule has 1 N–H and O–H groups in total. The minimum Gasteiger partial charge on any atom is -0.478 e. The Labute approximate surface area is 92.7 Å². The van der Waals surface area contributed by atoms with Gasteiger partial charge in [-0.25, -0.2) is 4.79 Å². The molecule has 0 aliphatic heterocycles. The van der Waals surface area contributed by atoms with E-state index in [-0.39, 0.29) is 0 Å². The molecule has 0 amide bonds. The molecule has 0 unspecified atom stereocenters. The molecule has 0 spiro atoms. The normalized spacial score (nSPS) is 10.9. The van der Waals surface area contributed by atoms with Crippen molar-refractivity contribution in [2.45, 2.75) is 6.18 Å². The van der Waals surface area contributed by atoms with Crippen LogP contribution in [0.25, 0.3) is 0 Å². The van der Waals surface area contributed by atoms with E-state index in [9.17, 15) is 18.0 Å². The fourth-order valence-corrected chi connectivity index (χ4v) is 1.29. The lowest BCUT2D eigenvalue weighted by atomic mass is 10.1. The summed E-state index contributed by atoms with van der Waals surface area (Å²) in [4.78, 5) is 10.5. The molecule has 7 heteroatoms. The molecule has 1 aromatic rings. The van der Waals surface area contributed by atoms with Crippen LogP contribution in [0.3, 0.4) is 0 Å². The maximum Gasteiger partial charge on any atom is 0.417 e. The quantitative estimate of drug-likeness (QED) is 0.832. The smallest absolute Gasteiger partial charge is 0.417 e. The second kappa shape index (κ2) is 4.02. The summed E-state index contributed by atoms with van der Waals surface area (Å²) in [5, 5.41) is 16.3. The SMILES string of the molecule is N#Cc1cc(C(=O)O)cc(C(F)(F)F)c1Cl. The fraction of sp³-hybridized carbons (Fsp3) is 0.111. The summed E-state index contributed by atoms with van der Waals surface area (Å²) in [7, 11) is 0. The second-order valence-corrected chi connectivity index (χ2v) is 3.18. The van der Waals surface area contributed by atoms with Gasteiger partial charge in [-0.05, 0) is 12.1 Å². The van der Waals surface area contributed by atoms with Gasteiger partial charge in [-0.15, -0.1) is 0 Å². The van der Waals surface area contributed by atoms with Gasteiger partial charge in [0.15, 0.2) is 0 Å². The van der Waals surface area contributed by atoms with E-state index in [1.165, 1.54) is 6.07 Å². The molecule has 1 aromatic carbocycles. The molecule has 3 nitrogen and oxygen atoms in total. The summed E-state index contributed by atoms with van der Waals surface area (Å²) in [5.41, 5.74) is -2.48. The average Bonchev–Trinajstić information content (AvgIpc) is 2.15. The molecule has 0 radical (unpaired) electrons. The molecule has 0 heterocycles. The van der Waals surface area contributed by atoms with Gasteiger partial charge in [0.05, 0.1) is 21.7 Å². The summed E-state index contributed by atoms with van der Waals surface area (Å²) in [5.74, 6) is -1.56. The number of nitrogens with zero attached hydrogens (tertiary/aromatic N) is 1. The van der Waals surface area contributed by atoms with Crippen LogP contribution in [0.5, 0.6) is 0 Å². The van der Waals surface area contributed by atoms with E-state index in [4.69, 9.17) is 22.0 Å². The predicted molar refractivity (Wildman–Crippen MR) is 48.1 cm³/mol.